The fourth-order valence-corrected chi connectivity index (χ4v) is 2.13. The van der Waals surface area contributed by atoms with Gasteiger partial charge in [-0.1, -0.05) is 39.0 Å². The van der Waals surface area contributed by atoms with Gasteiger partial charge in [-0.25, -0.2) is 0 Å². The summed E-state index contributed by atoms with van der Waals surface area (Å²) in [6, 6.07) is 5.57. The summed E-state index contributed by atoms with van der Waals surface area (Å²) in [7, 11) is 3.24. The van der Waals surface area contributed by atoms with Gasteiger partial charge in [-0.3, -0.25) is 0 Å². The van der Waals surface area contributed by atoms with Crippen LogP contribution in [0.4, 0.5) is 0 Å². The highest BCUT2D eigenvalue weighted by Gasteiger charge is 2.10. The Balaban J connectivity index is 2.53. The van der Waals surface area contributed by atoms with Crippen LogP contribution in [0.3, 0.4) is 0 Å². The molecule has 0 radical (unpaired) electrons. The molecule has 1 aromatic carbocycles. The van der Waals surface area contributed by atoms with Gasteiger partial charge < -0.3 is 14.6 Å². The highest BCUT2D eigenvalue weighted by atomic mass is 16.5. The predicted octanol–water partition coefficient (Wildman–Crippen LogP) is 4.10. The zero-order chi connectivity index (χ0) is 14.1. The molecule has 1 atom stereocenters. The number of aliphatic hydroxyl groups excluding tert-OH is 1. The molecule has 0 saturated carbocycles. The third kappa shape index (κ3) is 5.52. The maximum atomic E-state index is 10.2. The van der Waals surface area contributed by atoms with Crippen molar-refractivity contribution >= 4 is 0 Å². The van der Waals surface area contributed by atoms with Crippen molar-refractivity contribution in [2.45, 2.75) is 51.6 Å². The van der Waals surface area contributed by atoms with Gasteiger partial charge in [0.05, 0.1) is 20.3 Å². The molecule has 108 valence electrons. The minimum absolute atomic E-state index is 0.439. The summed E-state index contributed by atoms with van der Waals surface area (Å²) in [5.41, 5.74) is 0.867. The molecule has 0 heterocycles. The van der Waals surface area contributed by atoms with Crippen LogP contribution in [0, 0.1) is 0 Å². The van der Waals surface area contributed by atoms with E-state index in [9.17, 15) is 5.11 Å². The molecule has 0 bridgehead atoms. The smallest absolute Gasteiger partial charge is 0.122 e. The molecule has 0 saturated heterocycles. The Labute approximate surface area is 116 Å². The largest absolute Gasteiger partial charge is 0.497 e. The lowest BCUT2D eigenvalue weighted by Crippen LogP contribution is -1.99. The van der Waals surface area contributed by atoms with Crippen molar-refractivity contribution in [3.63, 3.8) is 0 Å². The third-order valence-electron chi connectivity index (χ3n) is 3.34. The van der Waals surface area contributed by atoms with E-state index in [2.05, 4.69) is 6.92 Å². The number of aliphatic hydroxyl groups is 1. The van der Waals surface area contributed by atoms with Crippen LogP contribution in [-0.2, 0) is 0 Å². The van der Waals surface area contributed by atoms with Gasteiger partial charge in [0.15, 0.2) is 0 Å². The summed E-state index contributed by atoms with van der Waals surface area (Å²) < 4.78 is 10.4. The van der Waals surface area contributed by atoms with E-state index in [1.165, 1.54) is 25.7 Å². The van der Waals surface area contributed by atoms with E-state index in [1.54, 1.807) is 14.2 Å². The van der Waals surface area contributed by atoms with Crippen LogP contribution >= 0.6 is 0 Å². The SMILES string of the molecule is CCCCCCCC(O)c1cc(OC)cc(OC)c1. The van der Waals surface area contributed by atoms with Crippen LogP contribution in [0.25, 0.3) is 0 Å². The molecular weight excluding hydrogens is 240 g/mol. The molecule has 1 rings (SSSR count). The molecule has 19 heavy (non-hydrogen) atoms. The Morgan fingerprint density at radius 3 is 2.05 bits per heavy atom. The van der Waals surface area contributed by atoms with Gasteiger partial charge >= 0.3 is 0 Å². The highest BCUT2D eigenvalue weighted by Crippen LogP contribution is 2.28. The summed E-state index contributed by atoms with van der Waals surface area (Å²) in [5.74, 6) is 1.44. The quantitative estimate of drug-likeness (QED) is 0.684. The zero-order valence-electron chi connectivity index (χ0n) is 12.3. The predicted molar refractivity (Wildman–Crippen MR) is 77.9 cm³/mol. The molecular formula is C16H26O3. The van der Waals surface area contributed by atoms with E-state index in [1.807, 2.05) is 18.2 Å². The van der Waals surface area contributed by atoms with E-state index < -0.39 is 6.10 Å². The number of hydrogen-bond acceptors (Lipinski definition) is 3. The fraction of sp³-hybridized carbons (Fsp3) is 0.625. The highest BCUT2D eigenvalue weighted by molar-refractivity contribution is 5.39. The first-order valence-corrected chi connectivity index (χ1v) is 7.12. The van der Waals surface area contributed by atoms with Gasteiger partial charge in [0.25, 0.3) is 0 Å². The Morgan fingerprint density at radius 1 is 0.947 bits per heavy atom. The van der Waals surface area contributed by atoms with Gasteiger partial charge in [0.1, 0.15) is 11.5 Å². The second kappa shape index (κ2) is 8.81. The van der Waals surface area contributed by atoms with Crippen LogP contribution in [0.15, 0.2) is 18.2 Å². The summed E-state index contributed by atoms with van der Waals surface area (Å²) in [6.45, 7) is 2.21. The average Bonchev–Trinajstić information content (AvgIpc) is 2.46. The number of rotatable bonds is 9. The number of hydrogen-bond donors (Lipinski definition) is 1. The summed E-state index contributed by atoms with van der Waals surface area (Å²) in [6.07, 6.45) is 6.38. The van der Waals surface area contributed by atoms with Crippen molar-refractivity contribution in [2.24, 2.45) is 0 Å². The van der Waals surface area contributed by atoms with Crippen LogP contribution < -0.4 is 9.47 Å². The first kappa shape index (κ1) is 15.8. The molecule has 0 aromatic heterocycles. The maximum Gasteiger partial charge on any atom is 0.122 e. The van der Waals surface area contributed by atoms with Crippen LogP contribution in [0.5, 0.6) is 11.5 Å². The van der Waals surface area contributed by atoms with E-state index in [0.717, 1.165) is 29.9 Å². The summed E-state index contributed by atoms with van der Waals surface area (Å²) >= 11 is 0. The first-order chi connectivity index (χ1) is 9.21. The Bertz CT molecular complexity index is 341. The molecule has 0 aliphatic heterocycles. The van der Waals surface area contributed by atoms with Crippen molar-refractivity contribution in [3.8, 4) is 11.5 Å². The fourth-order valence-electron chi connectivity index (χ4n) is 2.13. The van der Waals surface area contributed by atoms with Crippen LogP contribution in [-0.4, -0.2) is 19.3 Å². The Morgan fingerprint density at radius 2 is 1.53 bits per heavy atom. The van der Waals surface area contributed by atoms with E-state index in [4.69, 9.17) is 9.47 Å². The van der Waals surface area contributed by atoms with Crippen LogP contribution in [0.1, 0.15) is 57.1 Å². The molecule has 1 N–H and O–H groups in total. The second-order valence-corrected chi connectivity index (χ2v) is 4.86. The minimum Gasteiger partial charge on any atom is -0.497 e. The van der Waals surface area contributed by atoms with Crippen molar-refractivity contribution < 1.29 is 14.6 Å². The summed E-state index contributed by atoms with van der Waals surface area (Å²) in [4.78, 5) is 0. The second-order valence-electron chi connectivity index (χ2n) is 4.86. The number of methoxy groups -OCH3 is 2. The first-order valence-electron chi connectivity index (χ1n) is 7.12. The van der Waals surface area contributed by atoms with Crippen molar-refractivity contribution in [1.82, 2.24) is 0 Å². The number of unbranched alkanes of at least 4 members (excludes halogenated alkanes) is 4. The van der Waals surface area contributed by atoms with Gasteiger partial charge in [0.2, 0.25) is 0 Å². The van der Waals surface area contributed by atoms with Gasteiger partial charge in [-0.05, 0) is 24.1 Å². The molecule has 1 aromatic rings. The standard InChI is InChI=1S/C16H26O3/c1-4-5-6-7-8-9-16(17)13-10-14(18-2)12-15(11-13)19-3/h10-12,16-17H,4-9H2,1-3H3. The molecule has 1 unspecified atom stereocenters. The molecule has 0 fully saturated rings. The Kier molecular flexibility index (Phi) is 7.34. The molecule has 0 spiro atoms. The lowest BCUT2D eigenvalue weighted by atomic mass is 10.0. The normalized spacial score (nSPS) is 12.2. The number of benzene rings is 1. The maximum absolute atomic E-state index is 10.2. The molecule has 0 aliphatic carbocycles. The summed E-state index contributed by atoms with van der Waals surface area (Å²) in [5, 5.41) is 10.2. The van der Waals surface area contributed by atoms with E-state index >= 15 is 0 Å². The lowest BCUT2D eigenvalue weighted by Gasteiger charge is -2.14. The van der Waals surface area contributed by atoms with E-state index in [0.29, 0.717) is 0 Å². The molecule has 3 heteroatoms. The monoisotopic (exact) mass is 266 g/mol. The molecule has 0 aliphatic rings. The minimum atomic E-state index is -0.439. The average molecular weight is 266 g/mol. The van der Waals surface area contributed by atoms with Gasteiger partial charge in [-0.15, -0.1) is 0 Å². The molecule has 3 nitrogen and oxygen atoms in total. The van der Waals surface area contributed by atoms with Gasteiger partial charge in [0, 0.05) is 6.07 Å². The van der Waals surface area contributed by atoms with E-state index in [-0.39, 0.29) is 0 Å². The zero-order valence-corrected chi connectivity index (χ0v) is 12.3. The van der Waals surface area contributed by atoms with Crippen LogP contribution in [0.2, 0.25) is 0 Å². The molecule has 0 amide bonds. The van der Waals surface area contributed by atoms with Gasteiger partial charge in [-0.2, -0.15) is 0 Å². The van der Waals surface area contributed by atoms with Crippen molar-refractivity contribution in [2.75, 3.05) is 14.2 Å². The Hall–Kier alpha value is -1.22. The topological polar surface area (TPSA) is 38.7 Å². The third-order valence-corrected chi connectivity index (χ3v) is 3.34. The lowest BCUT2D eigenvalue weighted by molar-refractivity contribution is 0.162. The van der Waals surface area contributed by atoms with Crippen molar-refractivity contribution in [1.29, 1.82) is 0 Å². The number of ether oxygens (including phenoxy) is 2. The van der Waals surface area contributed by atoms with Crippen molar-refractivity contribution in [3.05, 3.63) is 23.8 Å².